The molecule has 2 atom stereocenters. The van der Waals surface area contributed by atoms with Crippen LogP contribution in [0.5, 0.6) is 0 Å². The summed E-state index contributed by atoms with van der Waals surface area (Å²) < 4.78 is 10.4. The van der Waals surface area contributed by atoms with Crippen molar-refractivity contribution in [1.29, 1.82) is 0 Å². The molecule has 0 saturated carbocycles. The average Bonchev–Trinajstić information content (AvgIpc) is 3.59. The standard InChI is InChI=1S/C36H52N6O12/c1-5-6-23-53-30(49)13-7-19-37-34(51)32(39-24(43)11-9-21-41-26(45)15-16-27(41)46)33(35(52)38-20-8-14-31(50)54-36(2,3)4)40-25(44)12-10-22-42-28(47)17-18-29(42)48/h15-18,32-33H,5-14,19-23H2,1-4H3,(H,37,51)(H,38,52)(H,39,43)(H,40,44)/t32-,33+/m1/s1. The van der Waals surface area contributed by atoms with E-state index in [1.807, 2.05) is 6.92 Å². The molecule has 0 saturated heterocycles. The molecule has 8 amide bonds. The molecule has 18 nitrogen and oxygen atoms in total. The predicted octanol–water partition coefficient (Wildman–Crippen LogP) is -0.156. The van der Waals surface area contributed by atoms with Gasteiger partial charge < -0.3 is 30.7 Å². The van der Waals surface area contributed by atoms with Crippen molar-refractivity contribution < 1.29 is 57.4 Å². The van der Waals surface area contributed by atoms with Crippen molar-refractivity contribution in [2.45, 2.75) is 110 Å². The van der Waals surface area contributed by atoms with Crippen molar-refractivity contribution >= 4 is 59.2 Å². The highest BCUT2D eigenvalue weighted by molar-refractivity contribution is 6.13. The van der Waals surface area contributed by atoms with Gasteiger partial charge >= 0.3 is 11.9 Å². The summed E-state index contributed by atoms with van der Waals surface area (Å²) in [5.41, 5.74) is -0.716. The van der Waals surface area contributed by atoms with Gasteiger partial charge in [0.1, 0.15) is 17.7 Å². The highest BCUT2D eigenvalue weighted by Gasteiger charge is 2.36. The van der Waals surface area contributed by atoms with Crippen LogP contribution in [-0.2, 0) is 57.4 Å². The predicted molar refractivity (Wildman–Crippen MR) is 190 cm³/mol. The Labute approximate surface area is 314 Å². The number of hydrogen-bond donors (Lipinski definition) is 4. The minimum Gasteiger partial charge on any atom is -0.466 e. The second kappa shape index (κ2) is 22.6. The zero-order valence-electron chi connectivity index (χ0n) is 31.4. The molecule has 18 heteroatoms. The van der Waals surface area contributed by atoms with Crippen LogP contribution in [0, 0.1) is 0 Å². The van der Waals surface area contributed by atoms with Crippen molar-refractivity contribution in [2.75, 3.05) is 32.8 Å². The fraction of sp³-hybridized carbons (Fsp3) is 0.611. The molecule has 0 aromatic rings. The largest absolute Gasteiger partial charge is 0.466 e. The molecule has 2 heterocycles. The van der Waals surface area contributed by atoms with Crippen molar-refractivity contribution in [3.05, 3.63) is 24.3 Å². The van der Waals surface area contributed by atoms with E-state index in [-0.39, 0.29) is 84.2 Å². The van der Waals surface area contributed by atoms with E-state index in [4.69, 9.17) is 9.47 Å². The van der Waals surface area contributed by atoms with Gasteiger partial charge in [-0.1, -0.05) is 13.3 Å². The molecule has 0 spiro atoms. The van der Waals surface area contributed by atoms with Gasteiger partial charge in [-0.15, -0.1) is 0 Å². The topological polar surface area (TPSA) is 244 Å². The van der Waals surface area contributed by atoms with E-state index in [1.54, 1.807) is 20.8 Å². The van der Waals surface area contributed by atoms with Crippen LogP contribution in [0.4, 0.5) is 0 Å². The molecule has 298 valence electrons. The number of ether oxygens (including phenoxy) is 2. The number of unbranched alkanes of at least 4 members (excludes halogenated alkanes) is 1. The van der Waals surface area contributed by atoms with Gasteiger partial charge in [0.05, 0.1) is 6.61 Å². The summed E-state index contributed by atoms with van der Waals surface area (Å²) in [5, 5.41) is 10.1. The third-order valence-electron chi connectivity index (χ3n) is 7.80. The van der Waals surface area contributed by atoms with Crippen LogP contribution in [-0.4, -0.2) is 119 Å². The molecule has 0 radical (unpaired) electrons. The first-order chi connectivity index (χ1) is 25.5. The normalized spacial score (nSPS) is 14.9. The number of esters is 2. The first-order valence-electron chi connectivity index (χ1n) is 18.1. The average molecular weight is 761 g/mol. The lowest BCUT2D eigenvalue weighted by molar-refractivity contribution is -0.155. The van der Waals surface area contributed by atoms with Gasteiger partial charge in [0, 0.05) is 76.2 Å². The zero-order valence-corrected chi connectivity index (χ0v) is 31.4. The highest BCUT2D eigenvalue weighted by atomic mass is 16.6. The smallest absolute Gasteiger partial charge is 0.306 e. The molecule has 0 aliphatic carbocycles. The molecule has 0 unspecified atom stereocenters. The van der Waals surface area contributed by atoms with Crippen LogP contribution >= 0.6 is 0 Å². The van der Waals surface area contributed by atoms with Gasteiger partial charge in [-0.05, 0) is 52.9 Å². The first-order valence-corrected chi connectivity index (χ1v) is 18.1. The van der Waals surface area contributed by atoms with Crippen LogP contribution in [0.25, 0.3) is 0 Å². The van der Waals surface area contributed by atoms with Crippen molar-refractivity contribution in [1.82, 2.24) is 31.1 Å². The fourth-order valence-electron chi connectivity index (χ4n) is 5.09. The van der Waals surface area contributed by atoms with Crippen molar-refractivity contribution in [2.24, 2.45) is 0 Å². The minimum absolute atomic E-state index is 0.0142. The molecule has 4 N–H and O–H groups in total. The quantitative estimate of drug-likeness (QED) is 0.0570. The lowest BCUT2D eigenvalue weighted by Crippen LogP contribution is -2.63. The number of nitrogens with zero attached hydrogens (tertiary/aromatic N) is 2. The number of nitrogens with one attached hydrogen (secondary N) is 4. The molecule has 54 heavy (non-hydrogen) atoms. The lowest BCUT2D eigenvalue weighted by Gasteiger charge is -2.28. The first kappa shape index (κ1) is 44.7. The van der Waals surface area contributed by atoms with Crippen LogP contribution in [0.15, 0.2) is 24.3 Å². The Morgan fingerprint density at radius 1 is 0.611 bits per heavy atom. The van der Waals surface area contributed by atoms with Gasteiger partial charge in [0.25, 0.3) is 23.6 Å². The fourth-order valence-corrected chi connectivity index (χ4v) is 5.09. The third kappa shape index (κ3) is 16.5. The lowest BCUT2D eigenvalue weighted by atomic mass is 10.0. The van der Waals surface area contributed by atoms with E-state index >= 15 is 0 Å². The third-order valence-corrected chi connectivity index (χ3v) is 7.80. The Balaban J connectivity index is 2.19. The summed E-state index contributed by atoms with van der Waals surface area (Å²) in [4.78, 5) is 127. The zero-order chi connectivity index (χ0) is 40.3. The summed E-state index contributed by atoms with van der Waals surface area (Å²) in [6, 6.07) is -3.38. The van der Waals surface area contributed by atoms with Gasteiger partial charge in [-0.25, -0.2) is 0 Å². The second-order valence-corrected chi connectivity index (χ2v) is 13.6. The maximum atomic E-state index is 13.6. The number of carbonyl (C=O) groups excluding carboxylic acids is 10. The van der Waals surface area contributed by atoms with Crippen LogP contribution in [0.1, 0.15) is 91.9 Å². The SMILES string of the molecule is CCCCOC(=O)CCCNC(=O)[C@H](NC(=O)CCCN1C(=O)C=CC1=O)[C@H](NC(=O)CCCN1C(=O)C=CC1=O)C(=O)NCCCC(=O)OC(C)(C)C. The number of imide groups is 2. The number of hydrogen-bond acceptors (Lipinski definition) is 12. The van der Waals surface area contributed by atoms with E-state index in [2.05, 4.69) is 21.3 Å². The molecule has 0 bridgehead atoms. The molecule has 0 aromatic heterocycles. The Bertz CT molecular complexity index is 1450. The van der Waals surface area contributed by atoms with E-state index in [0.717, 1.165) is 40.5 Å². The monoisotopic (exact) mass is 760 g/mol. The number of amides is 8. The molecule has 0 fully saturated rings. The highest BCUT2D eigenvalue weighted by Crippen LogP contribution is 2.10. The Hall–Kier alpha value is -5.42. The maximum absolute atomic E-state index is 13.6. The van der Waals surface area contributed by atoms with Gasteiger partial charge in [-0.2, -0.15) is 0 Å². The van der Waals surface area contributed by atoms with Crippen LogP contribution in [0.2, 0.25) is 0 Å². The number of carbonyl (C=O) groups is 10. The van der Waals surface area contributed by atoms with Gasteiger partial charge in [0.15, 0.2) is 0 Å². The summed E-state index contributed by atoms with van der Waals surface area (Å²) in [7, 11) is 0. The number of rotatable bonds is 24. The van der Waals surface area contributed by atoms with E-state index in [9.17, 15) is 47.9 Å². The summed E-state index contributed by atoms with van der Waals surface area (Å²) in [5.74, 6) is -6.32. The van der Waals surface area contributed by atoms with Crippen LogP contribution < -0.4 is 21.3 Å². The molecule has 0 aromatic carbocycles. The summed E-state index contributed by atoms with van der Waals surface area (Å²) in [6.07, 6.45) is 5.71. The maximum Gasteiger partial charge on any atom is 0.306 e. The summed E-state index contributed by atoms with van der Waals surface area (Å²) >= 11 is 0. The van der Waals surface area contributed by atoms with Crippen LogP contribution in [0.3, 0.4) is 0 Å². The minimum atomic E-state index is -1.69. The van der Waals surface area contributed by atoms with Crippen molar-refractivity contribution in [3.63, 3.8) is 0 Å². The van der Waals surface area contributed by atoms with E-state index < -0.39 is 76.9 Å². The molecular formula is C36H52N6O12. The Morgan fingerprint density at radius 3 is 1.41 bits per heavy atom. The van der Waals surface area contributed by atoms with E-state index in [1.165, 1.54) is 0 Å². The molecular weight excluding hydrogens is 708 g/mol. The molecule has 2 aliphatic heterocycles. The Morgan fingerprint density at radius 2 is 1.02 bits per heavy atom. The van der Waals surface area contributed by atoms with Gasteiger partial charge in [-0.3, -0.25) is 57.7 Å². The molecule has 2 rings (SSSR count). The Kier molecular flexibility index (Phi) is 18.7. The van der Waals surface area contributed by atoms with Crippen molar-refractivity contribution in [3.8, 4) is 0 Å². The van der Waals surface area contributed by atoms with E-state index in [0.29, 0.717) is 6.42 Å². The summed E-state index contributed by atoms with van der Waals surface area (Å²) in [6.45, 7) is 7.05. The van der Waals surface area contributed by atoms with Gasteiger partial charge in [0.2, 0.25) is 23.6 Å². The molecule has 2 aliphatic rings. The second-order valence-electron chi connectivity index (χ2n) is 13.6.